The molecular weight excluding hydrogens is 464 g/mol. The summed E-state index contributed by atoms with van der Waals surface area (Å²) >= 11 is 0. The molecule has 7 heteroatoms. The molecule has 1 N–H and O–H groups in total. The summed E-state index contributed by atoms with van der Waals surface area (Å²) in [6, 6.07) is 25.7. The van der Waals surface area contributed by atoms with E-state index in [2.05, 4.69) is 16.3 Å². The molecule has 0 spiro atoms. The van der Waals surface area contributed by atoms with Crippen molar-refractivity contribution in [1.29, 1.82) is 0 Å². The smallest absolute Gasteiger partial charge is 0.255 e. The molecule has 1 aromatic heterocycles. The highest BCUT2D eigenvalue weighted by Gasteiger charge is 2.26. The van der Waals surface area contributed by atoms with Gasteiger partial charge in [0, 0.05) is 43.0 Å². The van der Waals surface area contributed by atoms with Gasteiger partial charge in [0.1, 0.15) is 17.2 Å². The minimum atomic E-state index is -0.119. The van der Waals surface area contributed by atoms with Gasteiger partial charge in [-0.15, -0.1) is 0 Å². The van der Waals surface area contributed by atoms with Gasteiger partial charge >= 0.3 is 0 Å². The van der Waals surface area contributed by atoms with Gasteiger partial charge in [-0.2, -0.15) is 5.10 Å². The largest absolute Gasteiger partial charge is 0.496 e. The van der Waals surface area contributed by atoms with Gasteiger partial charge in [-0.05, 0) is 43.2 Å². The number of aromatic nitrogens is 2. The molecule has 0 unspecified atom stereocenters. The molecule has 37 heavy (non-hydrogen) atoms. The number of hydrogen-bond donors (Lipinski definition) is 1. The first-order valence-corrected chi connectivity index (χ1v) is 12.6. The lowest BCUT2D eigenvalue weighted by molar-refractivity contribution is 0.0909. The maximum atomic E-state index is 13.6. The molecule has 1 saturated heterocycles. The number of benzene rings is 3. The Morgan fingerprint density at radius 3 is 2.27 bits per heavy atom. The van der Waals surface area contributed by atoms with Crippen LogP contribution in [0.25, 0.3) is 16.9 Å². The summed E-state index contributed by atoms with van der Waals surface area (Å²) in [5.74, 6) is 1.47. The summed E-state index contributed by atoms with van der Waals surface area (Å²) < 4.78 is 12.8. The van der Waals surface area contributed by atoms with Gasteiger partial charge in [0.15, 0.2) is 0 Å². The number of likely N-dealkylation sites (tertiary alicyclic amines) is 1. The fourth-order valence-corrected chi connectivity index (χ4v) is 4.87. The monoisotopic (exact) mass is 496 g/mol. The van der Waals surface area contributed by atoms with Crippen LogP contribution in [0.3, 0.4) is 0 Å². The average molecular weight is 497 g/mol. The van der Waals surface area contributed by atoms with Crippen LogP contribution in [-0.2, 0) is 6.54 Å². The van der Waals surface area contributed by atoms with Gasteiger partial charge in [-0.1, -0.05) is 48.5 Å². The van der Waals surface area contributed by atoms with Crippen LogP contribution < -0.4 is 14.8 Å². The topological polar surface area (TPSA) is 68.6 Å². The Balaban J connectivity index is 1.32. The van der Waals surface area contributed by atoms with E-state index in [1.54, 1.807) is 18.9 Å². The second-order valence-corrected chi connectivity index (χ2v) is 9.21. The number of nitrogens with zero attached hydrogens (tertiary/aromatic N) is 3. The van der Waals surface area contributed by atoms with Crippen molar-refractivity contribution in [1.82, 2.24) is 20.0 Å². The number of hydrogen-bond acceptors (Lipinski definition) is 5. The summed E-state index contributed by atoms with van der Waals surface area (Å²) in [5.41, 5.74) is 4.00. The number of nitrogens with one attached hydrogen (secondary N) is 1. The number of carbonyl (C=O) groups excluding carboxylic acids is 1. The molecule has 0 atom stereocenters. The fraction of sp³-hybridized carbons (Fsp3) is 0.267. The van der Waals surface area contributed by atoms with Crippen LogP contribution in [0.4, 0.5) is 0 Å². The van der Waals surface area contributed by atoms with Gasteiger partial charge in [0.05, 0.1) is 25.5 Å². The summed E-state index contributed by atoms with van der Waals surface area (Å²) in [7, 11) is 3.34. The highest BCUT2D eigenvalue weighted by Crippen LogP contribution is 2.32. The van der Waals surface area contributed by atoms with Crippen molar-refractivity contribution in [2.24, 2.45) is 0 Å². The Bertz CT molecular complexity index is 1340. The molecule has 0 saturated carbocycles. The minimum Gasteiger partial charge on any atom is -0.496 e. The van der Waals surface area contributed by atoms with Crippen LogP contribution in [0.2, 0.25) is 0 Å². The zero-order valence-corrected chi connectivity index (χ0v) is 21.3. The predicted molar refractivity (Wildman–Crippen MR) is 144 cm³/mol. The third-order valence-corrected chi connectivity index (χ3v) is 6.85. The first-order valence-electron chi connectivity index (χ1n) is 12.6. The standard InChI is InChI=1S/C30H32N4O3/c1-36-27-14-8-6-10-22(27)20-33-18-16-23(17-19-33)31-30(35)26-21-34(24-11-4-3-5-12-24)32-29(26)25-13-7-9-15-28(25)37-2/h3-15,21,23H,16-20H2,1-2H3,(H,31,35). The van der Waals surface area contributed by atoms with E-state index in [1.807, 2.05) is 79.0 Å². The highest BCUT2D eigenvalue weighted by molar-refractivity contribution is 6.00. The van der Waals surface area contributed by atoms with Crippen molar-refractivity contribution in [3.05, 3.63) is 96.2 Å². The van der Waals surface area contributed by atoms with Gasteiger partial charge < -0.3 is 14.8 Å². The Kier molecular flexibility index (Phi) is 7.51. The van der Waals surface area contributed by atoms with Crippen LogP contribution in [-0.4, -0.2) is 53.9 Å². The van der Waals surface area contributed by atoms with E-state index in [0.29, 0.717) is 17.0 Å². The second kappa shape index (κ2) is 11.3. The van der Waals surface area contributed by atoms with Crippen molar-refractivity contribution < 1.29 is 14.3 Å². The van der Waals surface area contributed by atoms with Crippen LogP contribution in [0.15, 0.2) is 85.1 Å². The Morgan fingerprint density at radius 1 is 0.892 bits per heavy atom. The van der Waals surface area contributed by atoms with E-state index >= 15 is 0 Å². The van der Waals surface area contributed by atoms with E-state index in [-0.39, 0.29) is 11.9 Å². The number of methoxy groups -OCH3 is 2. The first kappa shape index (κ1) is 24.6. The van der Waals surface area contributed by atoms with Crippen molar-refractivity contribution >= 4 is 5.91 Å². The van der Waals surface area contributed by atoms with E-state index in [4.69, 9.17) is 14.6 Å². The lowest BCUT2D eigenvalue weighted by Crippen LogP contribution is -2.44. The zero-order chi connectivity index (χ0) is 25.6. The third kappa shape index (κ3) is 5.52. The van der Waals surface area contributed by atoms with Gasteiger partial charge in [0.25, 0.3) is 5.91 Å². The molecule has 7 nitrogen and oxygen atoms in total. The summed E-state index contributed by atoms with van der Waals surface area (Å²) in [5, 5.41) is 8.07. The Hall–Kier alpha value is -4.10. The number of amides is 1. The number of carbonyl (C=O) groups is 1. The molecule has 0 bridgehead atoms. The van der Waals surface area contributed by atoms with Crippen LogP contribution in [0.1, 0.15) is 28.8 Å². The van der Waals surface area contributed by atoms with Crippen LogP contribution >= 0.6 is 0 Å². The molecule has 1 fully saturated rings. The van der Waals surface area contributed by atoms with Crippen molar-refractivity contribution in [3.63, 3.8) is 0 Å². The maximum absolute atomic E-state index is 13.6. The zero-order valence-electron chi connectivity index (χ0n) is 21.3. The quantitative estimate of drug-likeness (QED) is 0.374. The van der Waals surface area contributed by atoms with E-state index < -0.39 is 0 Å². The molecular formula is C30H32N4O3. The fourth-order valence-electron chi connectivity index (χ4n) is 4.87. The molecule has 190 valence electrons. The molecule has 1 amide bonds. The van der Waals surface area contributed by atoms with Crippen molar-refractivity contribution in [3.8, 4) is 28.4 Å². The predicted octanol–water partition coefficient (Wildman–Crippen LogP) is 4.95. The van der Waals surface area contributed by atoms with Crippen molar-refractivity contribution in [2.45, 2.75) is 25.4 Å². The highest BCUT2D eigenvalue weighted by atomic mass is 16.5. The van der Waals surface area contributed by atoms with E-state index in [9.17, 15) is 4.79 Å². The normalized spacial score (nSPS) is 14.3. The van der Waals surface area contributed by atoms with Gasteiger partial charge in [0.2, 0.25) is 0 Å². The summed E-state index contributed by atoms with van der Waals surface area (Å²) in [4.78, 5) is 16.0. The molecule has 3 aromatic carbocycles. The Morgan fingerprint density at radius 2 is 1.54 bits per heavy atom. The maximum Gasteiger partial charge on any atom is 0.255 e. The molecule has 4 aromatic rings. The Labute approximate surface area is 217 Å². The number of piperidine rings is 1. The SMILES string of the molecule is COc1ccccc1CN1CCC(NC(=O)c2cn(-c3ccccc3)nc2-c2ccccc2OC)CC1. The van der Waals surface area contributed by atoms with Crippen molar-refractivity contribution in [2.75, 3.05) is 27.3 Å². The first-order chi connectivity index (χ1) is 18.2. The molecule has 5 rings (SSSR count). The third-order valence-electron chi connectivity index (χ3n) is 6.85. The van der Waals surface area contributed by atoms with Crippen LogP contribution in [0, 0.1) is 0 Å². The molecule has 1 aliphatic rings. The van der Waals surface area contributed by atoms with Gasteiger partial charge in [-0.3, -0.25) is 9.69 Å². The van der Waals surface area contributed by atoms with E-state index in [0.717, 1.165) is 49.5 Å². The minimum absolute atomic E-state index is 0.104. The molecule has 0 radical (unpaired) electrons. The summed E-state index contributed by atoms with van der Waals surface area (Å²) in [6.45, 7) is 2.66. The van der Waals surface area contributed by atoms with E-state index in [1.165, 1.54) is 5.56 Å². The second-order valence-electron chi connectivity index (χ2n) is 9.21. The number of rotatable bonds is 8. The average Bonchev–Trinajstić information content (AvgIpc) is 3.40. The van der Waals surface area contributed by atoms with Crippen LogP contribution in [0.5, 0.6) is 11.5 Å². The number of ether oxygens (including phenoxy) is 2. The number of para-hydroxylation sites is 3. The lowest BCUT2D eigenvalue weighted by Gasteiger charge is -2.32. The lowest BCUT2D eigenvalue weighted by atomic mass is 10.0. The molecule has 2 heterocycles. The summed E-state index contributed by atoms with van der Waals surface area (Å²) in [6.07, 6.45) is 3.58. The van der Waals surface area contributed by atoms with Gasteiger partial charge in [-0.25, -0.2) is 4.68 Å². The molecule has 0 aliphatic carbocycles. The molecule has 1 aliphatic heterocycles.